The Morgan fingerprint density at radius 1 is 1.00 bits per heavy atom. The Hall–Kier alpha value is -3.14. The van der Waals surface area contributed by atoms with Gasteiger partial charge < -0.3 is 4.98 Å². The van der Waals surface area contributed by atoms with Crippen molar-refractivity contribution in [2.24, 2.45) is 5.10 Å². The molecule has 0 radical (unpaired) electrons. The molecule has 2 heterocycles. The van der Waals surface area contributed by atoms with Crippen LogP contribution in [0.2, 0.25) is 0 Å². The first-order valence-electron chi connectivity index (χ1n) is 8.36. The molecule has 0 atom stereocenters. The standard InChI is InChI=1S/C21H20N4/c1-13-8-9-20-17(10-13)14(2)11-21(24-20)25-22-12-18-15(3)23-19-7-5-4-6-16(18)19/h4-12,23H,1-3H3,(H,24,25). The minimum Gasteiger partial charge on any atom is -0.358 e. The van der Waals surface area contributed by atoms with Crippen molar-refractivity contribution in [2.75, 3.05) is 5.43 Å². The van der Waals surface area contributed by atoms with E-state index in [1.807, 2.05) is 24.4 Å². The van der Waals surface area contributed by atoms with Crippen molar-refractivity contribution < 1.29 is 0 Å². The first kappa shape index (κ1) is 15.4. The van der Waals surface area contributed by atoms with Gasteiger partial charge in [0.25, 0.3) is 0 Å². The zero-order valence-electron chi connectivity index (χ0n) is 14.6. The summed E-state index contributed by atoms with van der Waals surface area (Å²) in [5.74, 6) is 0.752. The first-order chi connectivity index (χ1) is 12.1. The molecule has 0 bridgehead atoms. The van der Waals surface area contributed by atoms with Gasteiger partial charge in [0.15, 0.2) is 0 Å². The zero-order chi connectivity index (χ0) is 17.4. The van der Waals surface area contributed by atoms with Gasteiger partial charge in [-0.2, -0.15) is 5.10 Å². The molecule has 4 rings (SSSR count). The molecule has 0 fully saturated rings. The van der Waals surface area contributed by atoms with Crippen LogP contribution < -0.4 is 5.43 Å². The van der Waals surface area contributed by atoms with Crippen LogP contribution in [-0.2, 0) is 0 Å². The molecule has 4 heteroatoms. The Morgan fingerprint density at radius 3 is 2.72 bits per heavy atom. The fourth-order valence-corrected chi connectivity index (χ4v) is 3.19. The molecule has 0 aliphatic carbocycles. The van der Waals surface area contributed by atoms with Crippen LogP contribution in [-0.4, -0.2) is 16.2 Å². The summed E-state index contributed by atoms with van der Waals surface area (Å²) in [6, 6.07) is 16.6. The number of hydrogen-bond donors (Lipinski definition) is 2. The van der Waals surface area contributed by atoms with Crippen LogP contribution in [0.1, 0.15) is 22.4 Å². The minimum atomic E-state index is 0.752. The topological polar surface area (TPSA) is 53.1 Å². The highest BCUT2D eigenvalue weighted by molar-refractivity contribution is 6.00. The number of anilines is 1. The Kier molecular flexibility index (Phi) is 3.73. The van der Waals surface area contributed by atoms with Gasteiger partial charge in [0, 0.05) is 27.5 Å². The molecule has 2 aromatic carbocycles. The predicted molar refractivity (Wildman–Crippen MR) is 105 cm³/mol. The van der Waals surface area contributed by atoms with Crippen LogP contribution in [0.5, 0.6) is 0 Å². The number of hydrazone groups is 1. The van der Waals surface area contributed by atoms with Gasteiger partial charge in [0.1, 0.15) is 5.82 Å². The Balaban J connectivity index is 1.64. The molecule has 0 saturated carbocycles. The third-order valence-corrected chi connectivity index (χ3v) is 4.49. The Labute approximate surface area is 146 Å². The number of benzene rings is 2. The molecular formula is C21H20N4. The SMILES string of the molecule is Cc1ccc2nc(NN=Cc3c(C)[nH]c4ccccc34)cc(C)c2c1. The number of aromatic amines is 1. The molecule has 0 amide bonds. The van der Waals surface area contributed by atoms with Gasteiger partial charge in [-0.15, -0.1) is 0 Å². The van der Waals surface area contributed by atoms with E-state index in [4.69, 9.17) is 0 Å². The fraction of sp³-hybridized carbons (Fsp3) is 0.143. The number of aryl methyl sites for hydroxylation is 3. The van der Waals surface area contributed by atoms with E-state index in [2.05, 4.69) is 71.6 Å². The predicted octanol–water partition coefficient (Wildman–Crippen LogP) is 5.09. The van der Waals surface area contributed by atoms with Gasteiger partial charge in [0.05, 0.1) is 11.7 Å². The molecule has 25 heavy (non-hydrogen) atoms. The average Bonchev–Trinajstić information content (AvgIpc) is 2.91. The number of fused-ring (bicyclic) bond motifs is 2. The number of nitrogens with zero attached hydrogens (tertiary/aromatic N) is 2. The van der Waals surface area contributed by atoms with Crippen molar-refractivity contribution in [3.8, 4) is 0 Å². The highest BCUT2D eigenvalue weighted by Crippen LogP contribution is 2.22. The van der Waals surface area contributed by atoms with Crippen molar-refractivity contribution in [1.29, 1.82) is 0 Å². The second-order valence-corrected chi connectivity index (χ2v) is 6.42. The molecule has 0 spiro atoms. The van der Waals surface area contributed by atoms with Gasteiger partial charge in [-0.3, -0.25) is 5.43 Å². The molecule has 124 valence electrons. The normalized spacial score (nSPS) is 11.6. The van der Waals surface area contributed by atoms with Crippen molar-refractivity contribution >= 4 is 33.8 Å². The quantitative estimate of drug-likeness (QED) is 0.407. The van der Waals surface area contributed by atoms with Crippen molar-refractivity contribution in [2.45, 2.75) is 20.8 Å². The first-order valence-corrected chi connectivity index (χ1v) is 8.36. The van der Waals surface area contributed by atoms with Crippen molar-refractivity contribution in [3.63, 3.8) is 0 Å². The molecule has 0 aliphatic rings. The summed E-state index contributed by atoms with van der Waals surface area (Å²) in [7, 11) is 0. The van der Waals surface area contributed by atoms with Crippen LogP contribution in [0.25, 0.3) is 21.8 Å². The van der Waals surface area contributed by atoms with E-state index in [0.717, 1.165) is 28.1 Å². The lowest BCUT2D eigenvalue weighted by Crippen LogP contribution is -1.96. The highest BCUT2D eigenvalue weighted by atomic mass is 15.3. The molecule has 4 aromatic rings. The summed E-state index contributed by atoms with van der Waals surface area (Å²) in [6.45, 7) is 6.25. The third kappa shape index (κ3) is 2.87. The highest BCUT2D eigenvalue weighted by Gasteiger charge is 2.06. The summed E-state index contributed by atoms with van der Waals surface area (Å²) < 4.78 is 0. The minimum absolute atomic E-state index is 0.752. The van der Waals surface area contributed by atoms with Gasteiger partial charge in [-0.05, 0) is 50.6 Å². The van der Waals surface area contributed by atoms with Crippen LogP contribution >= 0.6 is 0 Å². The fourth-order valence-electron chi connectivity index (χ4n) is 3.19. The van der Waals surface area contributed by atoms with Crippen molar-refractivity contribution in [3.05, 3.63) is 70.9 Å². The van der Waals surface area contributed by atoms with Gasteiger partial charge in [-0.1, -0.05) is 29.8 Å². The van der Waals surface area contributed by atoms with Crippen molar-refractivity contribution in [1.82, 2.24) is 9.97 Å². The number of H-pyrrole nitrogens is 1. The summed E-state index contributed by atoms with van der Waals surface area (Å²) in [5, 5.41) is 6.76. The summed E-state index contributed by atoms with van der Waals surface area (Å²) in [5.41, 5.74) is 9.79. The maximum absolute atomic E-state index is 4.65. The third-order valence-electron chi connectivity index (χ3n) is 4.49. The maximum atomic E-state index is 4.65. The van der Waals surface area contributed by atoms with E-state index in [-0.39, 0.29) is 0 Å². The van der Waals surface area contributed by atoms with E-state index in [0.29, 0.717) is 0 Å². The van der Waals surface area contributed by atoms with Crippen LogP contribution in [0.4, 0.5) is 5.82 Å². The summed E-state index contributed by atoms with van der Waals surface area (Å²) in [4.78, 5) is 8.03. The molecule has 0 unspecified atom stereocenters. The molecule has 0 aliphatic heterocycles. The van der Waals surface area contributed by atoms with Gasteiger partial charge in [0.2, 0.25) is 0 Å². The molecule has 2 N–H and O–H groups in total. The maximum Gasteiger partial charge on any atom is 0.147 e. The number of hydrogen-bond acceptors (Lipinski definition) is 3. The molecule has 0 saturated heterocycles. The second-order valence-electron chi connectivity index (χ2n) is 6.42. The smallest absolute Gasteiger partial charge is 0.147 e. The molecular weight excluding hydrogens is 308 g/mol. The van der Waals surface area contributed by atoms with Crippen LogP contribution in [0.15, 0.2) is 53.6 Å². The van der Waals surface area contributed by atoms with E-state index in [1.54, 1.807) is 0 Å². The number of para-hydroxylation sites is 1. The van der Waals surface area contributed by atoms with Crippen LogP contribution in [0.3, 0.4) is 0 Å². The summed E-state index contributed by atoms with van der Waals surface area (Å²) in [6.07, 6.45) is 1.85. The van der Waals surface area contributed by atoms with Gasteiger partial charge >= 0.3 is 0 Å². The lowest BCUT2D eigenvalue weighted by molar-refractivity contribution is 1.24. The zero-order valence-corrected chi connectivity index (χ0v) is 14.6. The number of pyridine rings is 1. The average molecular weight is 328 g/mol. The van der Waals surface area contributed by atoms with E-state index in [9.17, 15) is 0 Å². The Morgan fingerprint density at radius 2 is 1.84 bits per heavy atom. The number of nitrogens with one attached hydrogen (secondary N) is 2. The summed E-state index contributed by atoms with van der Waals surface area (Å²) >= 11 is 0. The molecule has 2 aromatic heterocycles. The van der Waals surface area contributed by atoms with E-state index < -0.39 is 0 Å². The van der Waals surface area contributed by atoms with E-state index >= 15 is 0 Å². The van der Waals surface area contributed by atoms with E-state index in [1.165, 1.54) is 21.9 Å². The largest absolute Gasteiger partial charge is 0.358 e. The molecule has 4 nitrogen and oxygen atoms in total. The van der Waals surface area contributed by atoms with Gasteiger partial charge in [-0.25, -0.2) is 4.98 Å². The monoisotopic (exact) mass is 328 g/mol. The number of rotatable bonds is 3. The lowest BCUT2D eigenvalue weighted by atomic mass is 10.1. The van der Waals surface area contributed by atoms with Crippen LogP contribution in [0, 0.1) is 20.8 Å². The second kappa shape index (κ2) is 6.06. The number of aromatic nitrogens is 2. The lowest BCUT2D eigenvalue weighted by Gasteiger charge is -2.06. The Bertz CT molecular complexity index is 1110.